The summed E-state index contributed by atoms with van der Waals surface area (Å²) >= 11 is 0. The predicted molar refractivity (Wildman–Crippen MR) is 116 cm³/mol. The zero-order valence-corrected chi connectivity index (χ0v) is 18.0. The lowest BCUT2D eigenvalue weighted by molar-refractivity contribution is 0.113. The minimum absolute atomic E-state index is 0.00839. The van der Waals surface area contributed by atoms with Gasteiger partial charge in [-0.3, -0.25) is 0 Å². The standard InChI is InChI=1S/C22H36N4O3/c1-4-5-15-25(2)22(27)28-16-20(26(3)24)21(23)17-11-13-19(14-12-17)29-18-9-7-6-8-10-18/h11-14,18H,4-10,15-16,23-24H2,1-3H3/b21-20-. The number of carbonyl (C=O) groups excluding carboxylic acids is 1. The van der Waals surface area contributed by atoms with Gasteiger partial charge in [-0.15, -0.1) is 0 Å². The number of unbranched alkanes of at least 4 members (excludes halogenated alkanes) is 1. The molecule has 1 aliphatic carbocycles. The molecule has 1 aromatic rings. The molecule has 0 aromatic heterocycles. The van der Waals surface area contributed by atoms with Crippen LogP contribution in [0.4, 0.5) is 4.79 Å². The van der Waals surface area contributed by atoms with E-state index in [1.807, 2.05) is 24.3 Å². The molecule has 1 saturated carbocycles. The number of hydrogen-bond acceptors (Lipinski definition) is 6. The molecule has 0 spiro atoms. The minimum Gasteiger partial charge on any atom is -0.490 e. The minimum atomic E-state index is -0.387. The van der Waals surface area contributed by atoms with E-state index in [1.165, 1.54) is 24.3 Å². The molecule has 1 amide bonds. The molecule has 0 bridgehead atoms. The van der Waals surface area contributed by atoms with Crippen molar-refractivity contribution in [2.24, 2.45) is 11.6 Å². The zero-order chi connectivity index (χ0) is 21.2. The highest BCUT2D eigenvalue weighted by Crippen LogP contribution is 2.25. The molecule has 0 aliphatic heterocycles. The van der Waals surface area contributed by atoms with Crippen LogP contribution in [-0.4, -0.2) is 49.4 Å². The summed E-state index contributed by atoms with van der Waals surface area (Å²) in [4.78, 5) is 13.7. The monoisotopic (exact) mass is 404 g/mol. The third-order valence-electron chi connectivity index (χ3n) is 5.25. The molecule has 0 saturated heterocycles. The van der Waals surface area contributed by atoms with Crippen molar-refractivity contribution in [3.05, 3.63) is 35.5 Å². The highest BCUT2D eigenvalue weighted by molar-refractivity contribution is 5.69. The van der Waals surface area contributed by atoms with Gasteiger partial charge in [0.25, 0.3) is 0 Å². The lowest BCUT2D eigenvalue weighted by atomic mass is 9.98. The molecule has 0 heterocycles. The molecule has 2 rings (SSSR count). The fourth-order valence-corrected chi connectivity index (χ4v) is 3.35. The first-order valence-corrected chi connectivity index (χ1v) is 10.5. The molecule has 4 N–H and O–H groups in total. The van der Waals surface area contributed by atoms with Crippen LogP contribution in [0.3, 0.4) is 0 Å². The Morgan fingerprint density at radius 2 is 1.79 bits per heavy atom. The second kappa shape index (κ2) is 11.6. The van der Waals surface area contributed by atoms with E-state index < -0.39 is 0 Å². The molecule has 7 heteroatoms. The van der Waals surface area contributed by atoms with E-state index in [4.69, 9.17) is 21.1 Å². The van der Waals surface area contributed by atoms with E-state index in [9.17, 15) is 4.79 Å². The summed E-state index contributed by atoms with van der Waals surface area (Å²) in [7, 11) is 3.40. The summed E-state index contributed by atoms with van der Waals surface area (Å²) in [5, 5.41) is 1.39. The average molecular weight is 405 g/mol. The summed E-state index contributed by atoms with van der Waals surface area (Å²) in [6.45, 7) is 2.74. The fourth-order valence-electron chi connectivity index (χ4n) is 3.35. The Kier molecular flexibility index (Phi) is 9.12. The topological polar surface area (TPSA) is 94.0 Å². The summed E-state index contributed by atoms with van der Waals surface area (Å²) < 4.78 is 11.5. The molecule has 1 fully saturated rings. The normalized spacial score (nSPS) is 15.4. The maximum atomic E-state index is 12.1. The van der Waals surface area contributed by atoms with E-state index >= 15 is 0 Å². The highest BCUT2D eigenvalue weighted by atomic mass is 16.6. The van der Waals surface area contributed by atoms with Crippen molar-refractivity contribution in [3.63, 3.8) is 0 Å². The van der Waals surface area contributed by atoms with Crippen LogP contribution >= 0.6 is 0 Å². The molecule has 29 heavy (non-hydrogen) atoms. The van der Waals surface area contributed by atoms with Crippen molar-refractivity contribution in [1.82, 2.24) is 9.91 Å². The number of nitrogens with zero attached hydrogens (tertiary/aromatic N) is 2. The van der Waals surface area contributed by atoms with Gasteiger partial charge >= 0.3 is 6.09 Å². The predicted octanol–water partition coefficient (Wildman–Crippen LogP) is 3.70. The summed E-state index contributed by atoms with van der Waals surface area (Å²) in [5.41, 5.74) is 8.16. The quantitative estimate of drug-likeness (QED) is 0.481. The molecule has 1 aliphatic rings. The van der Waals surface area contributed by atoms with Crippen molar-refractivity contribution < 1.29 is 14.3 Å². The number of hydrogen-bond donors (Lipinski definition) is 2. The first-order chi connectivity index (χ1) is 13.9. The number of likely N-dealkylation sites (N-methyl/N-ethyl adjacent to an activating group) is 1. The van der Waals surface area contributed by atoms with Gasteiger partial charge < -0.3 is 25.1 Å². The van der Waals surface area contributed by atoms with Crippen molar-refractivity contribution in [2.45, 2.75) is 58.0 Å². The summed E-state index contributed by atoms with van der Waals surface area (Å²) in [5.74, 6) is 6.78. The van der Waals surface area contributed by atoms with E-state index in [0.717, 1.165) is 37.0 Å². The van der Waals surface area contributed by atoms with E-state index in [1.54, 1.807) is 19.0 Å². The zero-order valence-electron chi connectivity index (χ0n) is 18.0. The number of amides is 1. The molecule has 162 valence electrons. The van der Waals surface area contributed by atoms with Crippen LogP contribution in [0.1, 0.15) is 57.4 Å². The Hall–Kier alpha value is -2.41. The van der Waals surface area contributed by atoms with Crippen LogP contribution in [0.25, 0.3) is 5.70 Å². The van der Waals surface area contributed by atoms with Crippen molar-refractivity contribution in [1.29, 1.82) is 0 Å². The second-order valence-corrected chi connectivity index (χ2v) is 7.70. The Labute approximate surface area is 174 Å². The van der Waals surface area contributed by atoms with Gasteiger partial charge in [0.2, 0.25) is 0 Å². The fraction of sp³-hybridized carbons (Fsp3) is 0.591. The van der Waals surface area contributed by atoms with E-state index in [-0.39, 0.29) is 12.7 Å². The number of hydrazine groups is 1. The largest absolute Gasteiger partial charge is 0.490 e. The van der Waals surface area contributed by atoms with Crippen molar-refractivity contribution >= 4 is 11.8 Å². The van der Waals surface area contributed by atoms with Crippen LogP contribution in [0.5, 0.6) is 5.75 Å². The highest BCUT2D eigenvalue weighted by Gasteiger charge is 2.16. The summed E-state index contributed by atoms with van der Waals surface area (Å²) in [6, 6.07) is 7.67. The van der Waals surface area contributed by atoms with Crippen LogP contribution in [0, 0.1) is 0 Å². The molecule has 0 unspecified atom stereocenters. The van der Waals surface area contributed by atoms with Gasteiger partial charge in [0, 0.05) is 20.6 Å². The third-order valence-corrected chi connectivity index (χ3v) is 5.25. The van der Waals surface area contributed by atoms with Gasteiger partial charge in [-0.1, -0.05) is 19.8 Å². The maximum absolute atomic E-state index is 12.1. The Morgan fingerprint density at radius 3 is 2.38 bits per heavy atom. The van der Waals surface area contributed by atoms with Crippen LogP contribution in [0.15, 0.2) is 30.0 Å². The smallest absolute Gasteiger partial charge is 0.409 e. The van der Waals surface area contributed by atoms with Crippen LogP contribution in [0.2, 0.25) is 0 Å². The third kappa shape index (κ3) is 7.16. The lowest BCUT2D eigenvalue weighted by Gasteiger charge is -2.23. The molecular formula is C22H36N4O3. The Bertz CT molecular complexity index is 667. The van der Waals surface area contributed by atoms with Crippen molar-refractivity contribution in [2.75, 3.05) is 27.2 Å². The van der Waals surface area contributed by atoms with Gasteiger partial charge in [0.15, 0.2) is 0 Å². The lowest BCUT2D eigenvalue weighted by Crippen LogP contribution is -2.34. The van der Waals surface area contributed by atoms with Crippen LogP contribution in [-0.2, 0) is 4.74 Å². The van der Waals surface area contributed by atoms with Gasteiger partial charge in [-0.2, -0.15) is 0 Å². The van der Waals surface area contributed by atoms with Gasteiger partial charge in [-0.05, 0) is 61.9 Å². The Morgan fingerprint density at radius 1 is 1.14 bits per heavy atom. The SMILES string of the molecule is CCCCN(C)C(=O)OC/C(=C(/N)c1ccc(OC2CCCCC2)cc1)N(C)N. The van der Waals surface area contributed by atoms with Crippen molar-refractivity contribution in [3.8, 4) is 5.75 Å². The number of ether oxygens (including phenoxy) is 2. The average Bonchev–Trinajstić information content (AvgIpc) is 2.72. The second-order valence-electron chi connectivity index (χ2n) is 7.70. The first kappa shape index (κ1) is 22.9. The maximum Gasteiger partial charge on any atom is 0.409 e. The number of benzene rings is 1. The molecule has 7 nitrogen and oxygen atoms in total. The molecule has 0 radical (unpaired) electrons. The number of nitrogens with two attached hydrogens (primary N) is 2. The Balaban J connectivity index is 2.01. The van der Waals surface area contributed by atoms with Crippen LogP contribution < -0.4 is 16.3 Å². The summed E-state index contributed by atoms with van der Waals surface area (Å²) in [6.07, 6.45) is 7.86. The molecule has 0 atom stereocenters. The molecule has 1 aromatic carbocycles. The van der Waals surface area contributed by atoms with Gasteiger partial charge in [-0.25, -0.2) is 10.6 Å². The van der Waals surface area contributed by atoms with E-state index in [2.05, 4.69) is 6.92 Å². The molecular weight excluding hydrogens is 368 g/mol. The van der Waals surface area contributed by atoms with Gasteiger partial charge in [0.1, 0.15) is 12.4 Å². The number of carbonyl (C=O) groups is 1. The first-order valence-electron chi connectivity index (χ1n) is 10.5. The number of rotatable bonds is 9. The van der Waals surface area contributed by atoms with E-state index in [0.29, 0.717) is 24.0 Å². The van der Waals surface area contributed by atoms with Gasteiger partial charge in [0.05, 0.1) is 17.5 Å².